The summed E-state index contributed by atoms with van der Waals surface area (Å²) in [5.41, 5.74) is 2.74. The first-order valence-electron chi connectivity index (χ1n) is 5.56. The number of aryl methyl sites for hydroxylation is 1. The second kappa shape index (κ2) is 4.84. The lowest BCUT2D eigenvalue weighted by molar-refractivity contribution is -0.118. The number of amides is 1. The van der Waals surface area contributed by atoms with Gasteiger partial charge in [-0.15, -0.1) is 0 Å². The van der Waals surface area contributed by atoms with Crippen molar-refractivity contribution in [3.05, 3.63) is 34.9 Å². The Hall–Kier alpha value is -2.08. The molecule has 17 heavy (non-hydrogen) atoms. The van der Waals surface area contributed by atoms with Crippen LogP contribution in [0, 0.1) is 11.8 Å². The summed E-state index contributed by atoms with van der Waals surface area (Å²) < 4.78 is 0. The highest BCUT2D eigenvalue weighted by Crippen LogP contribution is 2.22. The van der Waals surface area contributed by atoms with Crippen molar-refractivity contribution >= 4 is 11.7 Å². The summed E-state index contributed by atoms with van der Waals surface area (Å²) in [6.45, 7) is 1.79. The molecule has 0 saturated heterocycles. The van der Waals surface area contributed by atoms with Crippen LogP contribution >= 0.6 is 0 Å². The molecule has 1 N–H and O–H groups in total. The van der Waals surface area contributed by atoms with Gasteiger partial charge in [-0.05, 0) is 24.1 Å². The zero-order valence-corrected chi connectivity index (χ0v) is 9.67. The molecule has 1 aromatic carbocycles. The van der Waals surface area contributed by atoms with E-state index in [9.17, 15) is 9.59 Å². The molecular weight excluding hydrogens is 214 g/mol. The minimum absolute atomic E-state index is 0.0940. The SMILES string of the molecule is CC(=O)NCC#Cc1ccc2c(c1)C(=O)CC2. The number of hydrogen-bond acceptors (Lipinski definition) is 2. The highest BCUT2D eigenvalue weighted by Gasteiger charge is 2.18. The summed E-state index contributed by atoms with van der Waals surface area (Å²) in [6.07, 6.45) is 1.45. The Morgan fingerprint density at radius 2 is 2.24 bits per heavy atom. The lowest BCUT2D eigenvalue weighted by Crippen LogP contribution is -2.19. The summed E-state index contributed by atoms with van der Waals surface area (Å²) >= 11 is 0. The minimum Gasteiger partial charge on any atom is -0.345 e. The predicted molar refractivity (Wildman–Crippen MR) is 64.7 cm³/mol. The average Bonchev–Trinajstić information content (AvgIpc) is 2.66. The number of rotatable bonds is 1. The summed E-state index contributed by atoms with van der Waals surface area (Å²) in [6, 6.07) is 5.71. The standard InChI is InChI=1S/C14H13NO2/c1-10(16)15-8-2-3-11-4-5-12-6-7-14(17)13(12)9-11/h4-5,9H,6-8H2,1H3,(H,15,16). The van der Waals surface area contributed by atoms with Crippen molar-refractivity contribution < 1.29 is 9.59 Å². The lowest BCUT2D eigenvalue weighted by atomic mass is 10.1. The van der Waals surface area contributed by atoms with E-state index in [2.05, 4.69) is 17.2 Å². The van der Waals surface area contributed by atoms with Crippen LogP contribution in [-0.4, -0.2) is 18.2 Å². The van der Waals surface area contributed by atoms with Crippen LogP contribution < -0.4 is 5.32 Å². The van der Waals surface area contributed by atoms with Gasteiger partial charge >= 0.3 is 0 Å². The van der Waals surface area contributed by atoms with Crippen molar-refractivity contribution in [3.8, 4) is 11.8 Å². The van der Waals surface area contributed by atoms with E-state index in [0.717, 1.165) is 23.1 Å². The Morgan fingerprint density at radius 3 is 3.00 bits per heavy atom. The molecule has 0 heterocycles. The molecule has 0 aromatic heterocycles. The molecule has 1 amide bonds. The van der Waals surface area contributed by atoms with Gasteiger partial charge in [0, 0.05) is 24.5 Å². The molecule has 86 valence electrons. The van der Waals surface area contributed by atoms with Crippen LogP contribution in [0.4, 0.5) is 0 Å². The third kappa shape index (κ3) is 2.73. The van der Waals surface area contributed by atoms with E-state index in [4.69, 9.17) is 0 Å². The summed E-state index contributed by atoms with van der Waals surface area (Å²) in [5.74, 6) is 5.88. The van der Waals surface area contributed by atoms with Crippen molar-refractivity contribution in [1.82, 2.24) is 5.32 Å². The van der Waals surface area contributed by atoms with Gasteiger partial charge < -0.3 is 5.32 Å². The van der Waals surface area contributed by atoms with Crippen LogP contribution in [-0.2, 0) is 11.2 Å². The largest absolute Gasteiger partial charge is 0.345 e. The van der Waals surface area contributed by atoms with Gasteiger partial charge in [-0.25, -0.2) is 0 Å². The number of carbonyl (C=O) groups is 2. The zero-order chi connectivity index (χ0) is 12.3. The van der Waals surface area contributed by atoms with Gasteiger partial charge in [0.1, 0.15) is 0 Å². The monoisotopic (exact) mass is 227 g/mol. The molecule has 0 radical (unpaired) electrons. The van der Waals surface area contributed by atoms with Crippen molar-refractivity contribution in [1.29, 1.82) is 0 Å². The van der Waals surface area contributed by atoms with E-state index in [0.29, 0.717) is 13.0 Å². The van der Waals surface area contributed by atoms with Gasteiger partial charge in [-0.2, -0.15) is 0 Å². The maximum atomic E-state index is 11.5. The lowest BCUT2D eigenvalue weighted by Gasteiger charge is -1.97. The molecule has 0 fully saturated rings. The smallest absolute Gasteiger partial charge is 0.217 e. The molecule has 0 unspecified atom stereocenters. The molecule has 2 rings (SSSR count). The topological polar surface area (TPSA) is 46.2 Å². The third-order valence-corrected chi connectivity index (χ3v) is 2.69. The Morgan fingerprint density at radius 1 is 1.41 bits per heavy atom. The molecule has 3 nitrogen and oxygen atoms in total. The fourth-order valence-corrected chi connectivity index (χ4v) is 1.83. The van der Waals surface area contributed by atoms with Crippen molar-refractivity contribution in [2.45, 2.75) is 19.8 Å². The van der Waals surface area contributed by atoms with Gasteiger partial charge in [0.05, 0.1) is 6.54 Å². The van der Waals surface area contributed by atoms with E-state index >= 15 is 0 Å². The van der Waals surface area contributed by atoms with Crippen molar-refractivity contribution in [2.24, 2.45) is 0 Å². The number of hydrogen-bond donors (Lipinski definition) is 1. The van der Waals surface area contributed by atoms with Crippen molar-refractivity contribution in [3.63, 3.8) is 0 Å². The first kappa shape index (κ1) is 11.4. The van der Waals surface area contributed by atoms with E-state index in [1.807, 2.05) is 18.2 Å². The number of ketones is 1. The molecule has 3 heteroatoms. The van der Waals surface area contributed by atoms with Gasteiger partial charge in [0.15, 0.2) is 5.78 Å². The number of benzene rings is 1. The molecule has 0 aliphatic heterocycles. The second-order valence-electron chi connectivity index (χ2n) is 4.01. The highest BCUT2D eigenvalue weighted by molar-refractivity contribution is 6.00. The average molecular weight is 227 g/mol. The molecule has 0 spiro atoms. The predicted octanol–water partition coefficient (Wildman–Crippen LogP) is 1.30. The number of fused-ring (bicyclic) bond motifs is 1. The second-order valence-corrected chi connectivity index (χ2v) is 4.01. The zero-order valence-electron chi connectivity index (χ0n) is 9.67. The molecular formula is C14H13NO2. The number of nitrogens with one attached hydrogen (secondary N) is 1. The van der Waals surface area contributed by atoms with E-state index in [1.165, 1.54) is 6.92 Å². The molecule has 1 aliphatic rings. The maximum Gasteiger partial charge on any atom is 0.217 e. The van der Waals surface area contributed by atoms with Crippen LogP contribution in [0.1, 0.15) is 34.8 Å². The Balaban J connectivity index is 2.10. The summed E-state index contributed by atoms with van der Waals surface area (Å²) in [7, 11) is 0. The fraction of sp³-hybridized carbons (Fsp3) is 0.286. The molecule has 0 saturated carbocycles. The number of carbonyl (C=O) groups excluding carboxylic acids is 2. The third-order valence-electron chi connectivity index (χ3n) is 2.69. The van der Waals surface area contributed by atoms with Crippen LogP contribution in [0.2, 0.25) is 0 Å². The first-order valence-corrected chi connectivity index (χ1v) is 5.56. The summed E-state index contributed by atoms with van der Waals surface area (Å²) in [5, 5.41) is 2.60. The quantitative estimate of drug-likeness (QED) is 0.735. The van der Waals surface area contributed by atoms with Gasteiger partial charge in [0.2, 0.25) is 5.91 Å². The maximum absolute atomic E-state index is 11.5. The highest BCUT2D eigenvalue weighted by atomic mass is 16.1. The number of Topliss-reactive ketones (excluding diaryl/α,β-unsaturated/α-hetero) is 1. The molecule has 0 atom stereocenters. The normalized spacial score (nSPS) is 12.6. The van der Waals surface area contributed by atoms with Gasteiger partial charge in [-0.3, -0.25) is 9.59 Å². The Kier molecular flexibility index (Phi) is 3.24. The van der Waals surface area contributed by atoms with Crippen LogP contribution in [0.15, 0.2) is 18.2 Å². The van der Waals surface area contributed by atoms with Crippen molar-refractivity contribution in [2.75, 3.05) is 6.54 Å². The van der Waals surface area contributed by atoms with E-state index < -0.39 is 0 Å². The first-order chi connectivity index (χ1) is 8.16. The van der Waals surface area contributed by atoms with E-state index in [-0.39, 0.29) is 11.7 Å². The molecule has 0 bridgehead atoms. The minimum atomic E-state index is -0.0940. The van der Waals surface area contributed by atoms with Gasteiger partial charge in [-0.1, -0.05) is 17.9 Å². The van der Waals surface area contributed by atoms with Gasteiger partial charge in [0.25, 0.3) is 0 Å². The van der Waals surface area contributed by atoms with Crippen LogP contribution in [0.3, 0.4) is 0 Å². The molecule has 1 aromatic rings. The Bertz CT molecular complexity index is 535. The van der Waals surface area contributed by atoms with Crippen LogP contribution in [0.25, 0.3) is 0 Å². The Labute approximate surface area is 100 Å². The fourth-order valence-electron chi connectivity index (χ4n) is 1.83. The summed E-state index contributed by atoms with van der Waals surface area (Å²) in [4.78, 5) is 22.2. The van der Waals surface area contributed by atoms with Crippen LogP contribution in [0.5, 0.6) is 0 Å². The molecule has 1 aliphatic carbocycles. The van der Waals surface area contributed by atoms with E-state index in [1.54, 1.807) is 0 Å².